The molecule has 0 radical (unpaired) electrons. The summed E-state index contributed by atoms with van der Waals surface area (Å²) in [6, 6.07) is 9.55. The van der Waals surface area contributed by atoms with E-state index in [1.54, 1.807) is 32.5 Å². The number of hydrogen-bond donors (Lipinski definition) is 2. The topological polar surface area (TPSA) is 122 Å². The Balaban J connectivity index is 1.20. The minimum absolute atomic E-state index is 0.0340. The highest BCUT2D eigenvalue weighted by Gasteiger charge is 2.28. The van der Waals surface area contributed by atoms with Gasteiger partial charge in [-0.2, -0.15) is 4.98 Å². The third-order valence-electron chi connectivity index (χ3n) is 6.56. The minimum atomic E-state index is -0.0340. The highest BCUT2D eigenvalue weighted by atomic mass is 16.5. The lowest BCUT2D eigenvalue weighted by atomic mass is 10.2. The van der Waals surface area contributed by atoms with Gasteiger partial charge >= 0.3 is 6.03 Å². The third kappa shape index (κ3) is 4.66. The van der Waals surface area contributed by atoms with Gasteiger partial charge in [-0.25, -0.2) is 14.8 Å². The van der Waals surface area contributed by atoms with Crippen LogP contribution >= 0.6 is 0 Å². The van der Waals surface area contributed by atoms with Gasteiger partial charge in [-0.3, -0.25) is 0 Å². The molecule has 1 unspecified atom stereocenters. The first kappa shape index (κ1) is 22.8. The second-order valence-electron chi connectivity index (χ2n) is 8.68. The van der Waals surface area contributed by atoms with E-state index in [0.29, 0.717) is 60.3 Å². The van der Waals surface area contributed by atoms with Crippen LogP contribution in [-0.2, 0) is 0 Å². The molecule has 0 saturated carbocycles. The number of aromatic nitrogens is 3. The van der Waals surface area contributed by atoms with Gasteiger partial charge in [0.1, 0.15) is 11.6 Å². The Morgan fingerprint density at radius 2 is 1.80 bits per heavy atom. The molecule has 2 fully saturated rings. The van der Waals surface area contributed by atoms with Crippen LogP contribution < -0.4 is 30.3 Å². The van der Waals surface area contributed by atoms with E-state index < -0.39 is 0 Å². The molecule has 184 valence electrons. The van der Waals surface area contributed by atoms with Gasteiger partial charge in [0.15, 0.2) is 11.5 Å². The third-order valence-corrected chi connectivity index (χ3v) is 6.56. The van der Waals surface area contributed by atoms with Crippen molar-refractivity contribution in [3.63, 3.8) is 0 Å². The van der Waals surface area contributed by atoms with Crippen molar-refractivity contribution >= 4 is 34.5 Å². The van der Waals surface area contributed by atoms with E-state index in [2.05, 4.69) is 25.1 Å². The first-order valence-corrected chi connectivity index (χ1v) is 11.7. The quantitative estimate of drug-likeness (QED) is 0.564. The molecule has 2 saturated heterocycles. The van der Waals surface area contributed by atoms with Crippen LogP contribution in [-0.4, -0.2) is 85.4 Å². The summed E-state index contributed by atoms with van der Waals surface area (Å²) in [5.41, 5.74) is 6.93. The number of ether oxygens (including phenoxy) is 2. The summed E-state index contributed by atoms with van der Waals surface area (Å²) in [5.74, 6) is 3.03. The van der Waals surface area contributed by atoms with E-state index in [1.165, 1.54) is 0 Å². The molecule has 1 atom stereocenters. The number of benzene rings is 1. The van der Waals surface area contributed by atoms with Crippen molar-refractivity contribution < 1.29 is 14.3 Å². The molecule has 35 heavy (non-hydrogen) atoms. The van der Waals surface area contributed by atoms with Crippen molar-refractivity contribution in [3.8, 4) is 11.5 Å². The van der Waals surface area contributed by atoms with Crippen LogP contribution in [0.2, 0.25) is 0 Å². The summed E-state index contributed by atoms with van der Waals surface area (Å²) >= 11 is 0. The molecule has 4 heterocycles. The molecule has 1 aromatic carbocycles. The van der Waals surface area contributed by atoms with Crippen LogP contribution in [0.5, 0.6) is 11.5 Å². The highest BCUT2D eigenvalue weighted by molar-refractivity contribution is 5.91. The summed E-state index contributed by atoms with van der Waals surface area (Å²) in [7, 11) is 3.16. The Morgan fingerprint density at radius 3 is 2.51 bits per heavy atom. The molecule has 2 aromatic heterocycles. The second-order valence-corrected chi connectivity index (χ2v) is 8.68. The molecule has 2 aliphatic heterocycles. The Kier molecular flexibility index (Phi) is 6.30. The lowest BCUT2D eigenvalue weighted by Gasteiger charge is -2.35. The smallest absolute Gasteiger partial charge is 0.317 e. The molecular formula is C24H30N8O3. The number of carbonyl (C=O) groups excluding carboxylic acids is 1. The van der Waals surface area contributed by atoms with Crippen molar-refractivity contribution in [2.75, 3.05) is 69.0 Å². The molecule has 11 heteroatoms. The fraction of sp³-hybridized carbons (Fsp3) is 0.417. The van der Waals surface area contributed by atoms with Gasteiger partial charge in [0, 0.05) is 63.0 Å². The van der Waals surface area contributed by atoms with Crippen molar-refractivity contribution in [1.82, 2.24) is 25.2 Å². The van der Waals surface area contributed by atoms with Crippen molar-refractivity contribution in [2.24, 2.45) is 0 Å². The van der Waals surface area contributed by atoms with Crippen LogP contribution in [0.1, 0.15) is 6.42 Å². The Labute approximate surface area is 203 Å². The van der Waals surface area contributed by atoms with E-state index >= 15 is 0 Å². The number of nitrogens with two attached hydrogens (primary N) is 1. The normalized spacial score (nSPS) is 18.1. The molecule has 0 aliphatic carbocycles. The van der Waals surface area contributed by atoms with E-state index in [4.69, 9.17) is 20.2 Å². The first-order chi connectivity index (χ1) is 17.1. The maximum absolute atomic E-state index is 12.9. The number of carbonyl (C=O) groups is 1. The van der Waals surface area contributed by atoms with Gasteiger partial charge < -0.3 is 35.2 Å². The summed E-state index contributed by atoms with van der Waals surface area (Å²) in [5, 5.41) is 3.89. The highest BCUT2D eigenvalue weighted by Crippen LogP contribution is 2.34. The molecular weight excluding hydrogens is 448 g/mol. The lowest BCUT2D eigenvalue weighted by molar-refractivity contribution is 0.191. The van der Waals surface area contributed by atoms with Gasteiger partial charge in [-0.05, 0) is 24.6 Å². The number of nitrogens with zero attached hydrogens (tertiary/aromatic N) is 6. The number of piperazine rings is 1. The number of methoxy groups -OCH3 is 2. The zero-order valence-corrected chi connectivity index (χ0v) is 20.0. The molecule has 0 bridgehead atoms. The average Bonchev–Trinajstić information content (AvgIpc) is 3.37. The summed E-state index contributed by atoms with van der Waals surface area (Å²) in [6.07, 6.45) is 2.70. The van der Waals surface area contributed by atoms with Crippen LogP contribution in [0.4, 0.5) is 22.4 Å². The molecule has 3 aromatic rings. The van der Waals surface area contributed by atoms with Crippen molar-refractivity contribution in [2.45, 2.75) is 12.5 Å². The number of hydrogen-bond acceptors (Lipinski definition) is 9. The molecule has 11 nitrogen and oxygen atoms in total. The summed E-state index contributed by atoms with van der Waals surface area (Å²) in [6.45, 7) is 4.05. The Hall–Kier alpha value is -4.02. The number of anilines is 3. The van der Waals surface area contributed by atoms with E-state index in [-0.39, 0.29) is 12.1 Å². The maximum atomic E-state index is 12.9. The molecule has 2 aliphatic rings. The zero-order valence-electron chi connectivity index (χ0n) is 20.0. The van der Waals surface area contributed by atoms with Crippen LogP contribution in [0, 0.1) is 0 Å². The number of fused-ring (bicyclic) bond motifs is 1. The number of amides is 2. The number of urea groups is 1. The number of rotatable bonds is 5. The van der Waals surface area contributed by atoms with Gasteiger partial charge in [-0.15, -0.1) is 0 Å². The van der Waals surface area contributed by atoms with Crippen LogP contribution in [0.15, 0.2) is 36.5 Å². The Morgan fingerprint density at radius 1 is 1.03 bits per heavy atom. The summed E-state index contributed by atoms with van der Waals surface area (Å²) in [4.78, 5) is 32.6. The fourth-order valence-corrected chi connectivity index (χ4v) is 4.61. The van der Waals surface area contributed by atoms with Crippen LogP contribution in [0.25, 0.3) is 10.9 Å². The maximum Gasteiger partial charge on any atom is 0.317 e. The number of nitrogen functional groups attached to an aromatic ring is 1. The minimum Gasteiger partial charge on any atom is -0.493 e. The fourth-order valence-electron chi connectivity index (χ4n) is 4.61. The van der Waals surface area contributed by atoms with Crippen molar-refractivity contribution in [1.29, 1.82) is 0 Å². The molecule has 0 spiro atoms. The lowest BCUT2D eigenvalue weighted by Crippen LogP contribution is -2.54. The van der Waals surface area contributed by atoms with E-state index in [1.807, 2.05) is 23.1 Å². The number of pyridine rings is 1. The van der Waals surface area contributed by atoms with Gasteiger partial charge in [0.25, 0.3) is 0 Å². The molecule has 5 rings (SSSR count). The van der Waals surface area contributed by atoms with Crippen LogP contribution in [0.3, 0.4) is 0 Å². The molecule has 3 N–H and O–H groups in total. The zero-order chi connectivity index (χ0) is 24.4. The standard InChI is InChI=1S/C24H30N8O3/c1-34-19-13-17-18(14-20(19)35-2)28-23(29-22(17)25)30-9-11-31(12-10-30)24(33)27-16-6-8-32(15-16)21-5-3-4-7-26-21/h3-5,7,13-14,16H,6,8-12,15H2,1-2H3,(H,27,33)(H2,25,28,29). The van der Waals surface area contributed by atoms with Gasteiger partial charge in [0.2, 0.25) is 5.95 Å². The predicted molar refractivity (Wildman–Crippen MR) is 134 cm³/mol. The van der Waals surface area contributed by atoms with Crippen molar-refractivity contribution in [3.05, 3.63) is 36.5 Å². The van der Waals surface area contributed by atoms with E-state index in [9.17, 15) is 4.79 Å². The largest absolute Gasteiger partial charge is 0.493 e. The Bertz CT molecular complexity index is 1200. The predicted octanol–water partition coefficient (Wildman–Crippen LogP) is 1.73. The van der Waals surface area contributed by atoms with Gasteiger partial charge in [0.05, 0.1) is 19.7 Å². The molecule has 2 amide bonds. The average molecular weight is 479 g/mol. The number of nitrogens with one attached hydrogen (secondary N) is 1. The second kappa shape index (κ2) is 9.69. The monoisotopic (exact) mass is 478 g/mol. The summed E-state index contributed by atoms with van der Waals surface area (Å²) < 4.78 is 10.8. The van der Waals surface area contributed by atoms with E-state index in [0.717, 1.165) is 25.3 Å². The van der Waals surface area contributed by atoms with Gasteiger partial charge in [-0.1, -0.05) is 6.07 Å². The SMILES string of the molecule is COc1cc2nc(N3CCN(C(=O)NC4CCN(c5ccccn5)C4)CC3)nc(N)c2cc1OC. The first-order valence-electron chi connectivity index (χ1n) is 11.7.